The predicted molar refractivity (Wildman–Crippen MR) is 107 cm³/mol. The molecule has 13 heteroatoms. The van der Waals surface area contributed by atoms with Crippen LogP contribution in [0, 0.1) is 11.3 Å². The highest BCUT2D eigenvalue weighted by Crippen LogP contribution is 2.39. The minimum absolute atomic E-state index is 0.0610. The summed E-state index contributed by atoms with van der Waals surface area (Å²) in [5.74, 6) is -2.19. The first-order chi connectivity index (χ1) is 14.7. The van der Waals surface area contributed by atoms with Crippen LogP contribution in [-0.2, 0) is 17.1 Å². The maximum atomic E-state index is 13.1. The van der Waals surface area contributed by atoms with Crippen molar-refractivity contribution in [2.75, 3.05) is 23.7 Å². The number of rotatable bonds is 6. The van der Waals surface area contributed by atoms with Crippen LogP contribution in [0.3, 0.4) is 0 Å². The smallest absolute Gasteiger partial charge is 0.252 e. The molecular weight excluding hydrogens is 430 g/mol. The Morgan fingerprint density at radius 3 is 2.48 bits per heavy atom. The molecular formula is C18H22F2N8O2S. The quantitative estimate of drug-likeness (QED) is 0.676. The van der Waals surface area contributed by atoms with Gasteiger partial charge in [-0.2, -0.15) is 19.6 Å². The average Bonchev–Trinajstić information content (AvgIpc) is 3.14. The monoisotopic (exact) mass is 452 g/mol. The molecule has 10 nitrogen and oxygen atoms in total. The van der Waals surface area contributed by atoms with Gasteiger partial charge in [-0.1, -0.05) is 0 Å². The molecule has 2 N–H and O–H groups in total. The summed E-state index contributed by atoms with van der Waals surface area (Å²) in [5.41, 5.74) is 0.179. The van der Waals surface area contributed by atoms with Gasteiger partial charge in [-0.25, -0.2) is 22.2 Å². The first-order valence-corrected chi connectivity index (χ1v) is 11.3. The summed E-state index contributed by atoms with van der Waals surface area (Å²) in [6.45, 7) is 0.654. The summed E-state index contributed by atoms with van der Waals surface area (Å²) in [7, 11) is -1.93. The SMILES string of the molecule is Cn1cc(S(=O)(=O)N2CCC(Nc3ncc(C#N)c(NC4CC(F)(F)C4)n3)CC2)cn1. The Bertz CT molecular complexity index is 1100. The van der Waals surface area contributed by atoms with E-state index in [0.717, 1.165) is 0 Å². The van der Waals surface area contributed by atoms with Gasteiger partial charge in [-0.3, -0.25) is 4.68 Å². The first-order valence-electron chi connectivity index (χ1n) is 9.83. The van der Waals surface area contributed by atoms with Crippen LogP contribution in [0.5, 0.6) is 0 Å². The third-order valence-corrected chi connectivity index (χ3v) is 7.30. The number of aromatic nitrogens is 4. The summed E-state index contributed by atoms with van der Waals surface area (Å²) in [6, 6.07) is 1.46. The summed E-state index contributed by atoms with van der Waals surface area (Å²) < 4.78 is 54.4. The highest BCUT2D eigenvalue weighted by Gasteiger charge is 2.45. The number of aryl methyl sites for hydroxylation is 1. The molecule has 0 unspecified atom stereocenters. The summed E-state index contributed by atoms with van der Waals surface area (Å²) in [4.78, 5) is 8.57. The molecule has 31 heavy (non-hydrogen) atoms. The van der Waals surface area contributed by atoms with E-state index in [-0.39, 0.29) is 41.1 Å². The van der Waals surface area contributed by atoms with E-state index >= 15 is 0 Å². The molecule has 4 rings (SSSR count). The van der Waals surface area contributed by atoms with Crippen LogP contribution in [-0.4, -0.2) is 63.6 Å². The van der Waals surface area contributed by atoms with Crippen molar-refractivity contribution >= 4 is 21.8 Å². The second-order valence-electron chi connectivity index (χ2n) is 7.85. The Labute approximate surface area is 178 Å². The fourth-order valence-corrected chi connectivity index (χ4v) is 5.16. The van der Waals surface area contributed by atoms with Crippen LogP contribution in [0.25, 0.3) is 0 Å². The molecule has 1 saturated carbocycles. The van der Waals surface area contributed by atoms with Crippen molar-refractivity contribution in [3.05, 3.63) is 24.2 Å². The normalized spacial score (nSPS) is 20.1. The second-order valence-corrected chi connectivity index (χ2v) is 9.78. The number of alkyl halides is 2. The van der Waals surface area contributed by atoms with Gasteiger partial charge in [0.1, 0.15) is 22.3 Å². The number of sulfonamides is 1. The van der Waals surface area contributed by atoms with E-state index in [1.54, 1.807) is 7.05 Å². The van der Waals surface area contributed by atoms with Crippen LogP contribution in [0.15, 0.2) is 23.5 Å². The van der Waals surface area contributed by atoms with E-state index < -0.39 is 22.0 Å². The minimum Gasteiger partial charge on any atom is -0.366 e. The summed E-state index contributed by atoms with van der Waals surface area (Å²) in [5, 5.41) is 19.2. The van der Waals surface area contributed by atoms with Crippen molar-refractivity contribution in [2.24, 2.45) is 7.05 Å². The van der Waals surface area contributed by atoms with Gasteiger partial charge in [0.25, 0.3) is 5.92 Å². The number of anilines is 2. The van der Waals surface area contributed by atoms with E-state index in [2.05, 4.69) is 25.7 Å². The van der Waals surface area contributed by atoms with Crippen molar-refractivity contribution in [1.82, 2.24) is 24.1 Å². The Balaban J connectivity index is 1.37. The van der Waals surface area contributed by atoms with Crippen molar-refractivity contribution in [3.63, 3.8) is 0 Å². The molecule has 0 amide bonds. The number of nitriles is 1. The van der Waals surface area contributed by atoms with Crippen LogP contribution < -0.4 is 10.6 Å². The van der Waals surface area contributed by atoms with Crippen LogP contribution in [0.4, 0.5) is 20.5 Å². The molecule has 1 saturated heterocycles. The highest BCUT2D eigenvalue weighted by molar-refractivity contribution is 7.89. The fraction of sp³-hybridized carbons (Fsp3) is 0.556. The molecule has 0 radical (unpaired) electrons. The average molecular weight is 452 g/mol. The van der Waals surface area contributed by atoms with Gasteiger partial charge in [-0.15, -0.1) is 0 Å². The van der Waals surface area contributed by atoms with Crippen molar-refractivity contribution in [1.29, 1.82) is 5.26 Å². The van der Waals surface area contributed by atoms with Crippen molar-refractivity contribution < 1.29 is 17.2 Å². The molecule has 0 atom stereocenters. The molecule has 0 bridgehead atoms. The van der Waals surface area contributed by atoms with Crippen LogP contribution in [0.2, 0.25) is 0 Å². The molecule has 2 aliphatic rings. The van der Waals surface area contributed by atoms with E-state index in [4.69, 9.17) is 0 Å². The second kappa shape index (κ2) is 8.01. The lowest BCUT2D eigenvalue weighted by Gasteiger charge is -2.35. The maximum absolute atomic E-state index is 13.1. The summed E-state index contributed by atoms with van der Waals surface area (Å²) in [6.07, 6.45) is 4.63. The highest BCUT2D eigenvalue weighted by atomic mass is 32.2. The minimum atomic E-state index is -3.59. The Kier molecular flexibility index (Phi) is 5.52. The van der Waals surface area contributed by atoms with Gasteiger partial charge in [0.05, 0.1) is 12.4 Å². The molecule has 0 spiro atoms. The molecule has 166 valence electrons. The van der Waals surface area contributed by atoms with E-state index in [1.165, 1.54) is 27.6 Å². The fourth-order valence-electron chi connectivity index (χ4n) is 3.70. The van der Waals surface area contributed by atoms with E-state index in [9.17, 15) is 22.5 Å². The Morgan fingerprint density at radius 2 is 1.90 bits per heavy atom. The predicted octanol–water partition coefficient (Wildman–Crippen LogP) is 1.56. The third kappa shape index (κ3) is 4.59. The Hall–Kier alpha value is -2.85. The number of piperidine rings is 1. The van der Waals surface area contributed by atoms with E-state index in [1.807, 2.05) is 6.07 Å². The molecule has 2 fully saturated rings. The number of halogens is 2. The lowest BCUT2D eigenvalue weighted by atomic mass is 9.88. The third-order valence-electron chi connectivity index (χ3n) is 5.45. The molecule has 1 aliphatic carbocycles. The van der Waals surface area contributed by atoms with Crippen LogP contribution in [0.1, 0.15) is 31.2 Å². The topological polar surface area (TPSA) is 129 Å². The van der Waals surface area contributed by atoms with Gasteiger partial charge in [-0.05, 0) is 12.8 Å². The summed E-state index contributed by atoms with van der Waals surface area (Å²) >= 11 is 0. The maximum Gasteiger partial charge on any atom is 0.252 e. The number of nitrogens with one attached hydrogen (secondary N) is 2. The molecule has 0 aromatic carbocycles. The zero-order chi connectivity index (χ0) is 22.2. The van der Waals surface area contributed by atoms with Gasteiger partial charge >= 0.3 is 0 Å². The number of hydrogen-bond donors (Lipinski definition) is 2. The van der Waals surface area contributed by atoms with Crippen molar-refractivity contribution in [3.8, 4) is 6.07 Å². The van der Waals surface area contributed by atoms with Gasteiger partial charge in [0.2, 0.25) is 16.0 Å². The largest absolute Gasteiger partial charge is 0.366 e. The molecule has 3 heterocycles. The first kappa shape index (κ1) is 21.4. The number of hydrogen-bond acceptors (Lipinski definition) is 8. The lowest BCUT2D eigenvalue weighted by Crippen LogP contribution is -2.44. The van der Waals surface area contributed by atoms with Gasteiger partial charge in [0, 0.05) is 51.3 Å². The molecule has 1 aliphatic heterocycles. The zero-order valence-electron chi connectivity index (χ0n) is 16.8. The lowest BCUT2D eigenvalue weighted by molar-refractivity contribution is -0.0794. The van der Waals surface area contributed by atoms with Crippen LogP contribution >= 0.6 is 0 Å². The standard InChI is InChI=1S/C18H22F2N8O2S/c1-27-11-15(10-23-27)31(29,30)28-4-2-13(3-5-28)25-17-22-9-12(8-21)16(26-17)24-14-6-18(19,20)7-14/h9-11,13-14H,2-7H2,1H3,(H2,22,24,25,26). The number of nitrogens with zero attached hydrogens (tertiary/aromatic N) is 6. The van der Waals surface area contributed by atoms with Gasteiger partial charge < -0.3 is 10.6 Å². The molecule has 2 aromatic heterocycles. The van der Waals surface area contributed by atoms with Crippen molar-refractivity contribution in [2.45, 2.75) is 48.6 Å². The molecule has 2 aromatic rings. The zero-order valence-corrected chi connectivity index (χ0v) is 17.6. The Morgan fingerprint density at radius 1 is 1.19 bits per heavy atom. The van der Waals surface area contributed by atoms with E-state index in [0.29, 0.717) is 25.9 Å². The van der Waals surface area contributed by atoms with Gasteiger partial charge in [0.15, 0.2) is 0 Å².